The third-order valence-corrected chi connectivity index (χ3v) is 3.80. The first-order chi connectivity index (χ1) is 11.3. The first-order valence-corrected chi connectivity index (χ1v) is 7.91. The van der Waals surface area contributed by atoms with Crippen LogP contribution in [0.5, 0.6) is 0 Å². The number of carbonyl (C=O) groups excluding carboxylic acids is 1. The van der Waals surface area contributed by atoms with Crippen molar-refractivity contribution >= 4 is 17.5 Å². The van der Waals surface area contributed by atoms with Crippen LogP contribution in [0, 0.1) is 0 Å². The molecule has 0 radical (unpaired) electrons. The fourth-order valence-corrected chi connectivity index (χ4v) is 2.52. The second-order valence-electron chi connectivity index (χ2n) is 5.58. The Morgan fingerprint density at radius 1 is 1.09 bits per heavy atom. The zero-order valence-electron chi connectivity index (χ0n) is 13.0. The third-order valence-electron chi connectivity index (χ3n) is 3.80. The van der Waals surface area contributed by atoms with E-state index >= 15 is 0 Å². The molecule has 0 fully saturated rings. The average Bonchev–Trinajstić information content (AvgIpc) is 2.62. The van der Waals surface area contributed by atoms with E-state index in [0.717, 1.165) is 18.5 Å². The number of carbonyl (C=O) groups is 1. The molecule has 0 saturated heterocycles. The van der Waals surface area contributed by atoms with Crippen LogP contribution in [0.2, 0.25) is 0 Å². The van der Waals surface area contributed by atoms with E-state index in [9.17, 15) is 4.79 Å². The zero-order chi connectivity index (χ0) is 15.9. The number of benzene rings is 1. The first-order valence-electron chi connectivity index (χ1n) is 7.91. The molecule has 1 aromatic carbocycles. The van der Waals surface area contributed by atoms with Crippen LogP contribution >= 0.6 is 0 Å². The highest BCUT2D eigenvalue weighted by atomic mass is 16.1. The molecule has 1 heterocycles. The molecule has 1 aromatic heterocycles. The summed E-state index contributed by atoms with van der Waals surface area (Å²) in [7, 11) is 0. The maximum Gasteiger partial charge on any atom is 0.254 e. The Morgan fingerprint density at radius 2 is 1.87 bits per heavy atom. The Kier molecular flexibility index (Phi) is 4.99. The largest absolute Gasteiger partial charge is 0.348 e. The Hall–Kier alpha value is -2.69. The van der Waals surface area contributed by atoms with Crippen LogP contribution < -0.4 is 10.6 Å². The van der Waals surface area contributed by atoms with E-state index in [4.69, 9.17) is 0 Å². The molecule has 0 atom stereocenters. The molecular formula is C18H20N4O. The maximum absolute atomic E-state index is 12.1. The van der Waals surface area contributed by atoms with Gasteiger partial charge in [0.2, 0.25) is 5.95 Å². The number of anilines is 2. The lowest BCUT2D eigenvalue weighted by Gasteiger charge is -2.13. The Balaban J connectivity index is 1.56. The van der Waals surface area contributed by atoms with Crippen molar-refractivity contribution in [1.82, 2.24) is 15.3 Å². The van der Waals surface area contributed by atoms with Gasteiger partial charge in [-0.1, -0.05) is 29.8 Å². The SMILES string of the molecule is O=C(NCC1=CCCCC1)c1cnc(Nc2ccccc2)nc1. The predicted molar refractivity (Wildman–Crippen MR) is 90.6 cm³/mol. The van der Waals surface area contributed by atoms with Gasteiger partial charge in [-0.3, -0.25) is 4.79 Å². The van der Waals surface area contributed by atoms with Crippen LogP contribution in [-0.4, -0.2) is 22.4 Å². The van der Waals surface area contributed by atoms with E-state index in [1.807, 2.05) is 30.3 Å². The van der Waals surface area contributed by atoms with Gasteiger partial charge in [0, 0.05) is 24.6 Å². The minimum absolute atomic E-state index is 0.136. The summed E-state index contributed by atoms with van der Waals surface area (Å²) in [5, 5.41) is 6.02. The van der Waals surface area contributed by atoms with Crippen molar-refractivity contribution < 1.29 is 4.79 Å². The Bertz CT molecular complexity index is 680. The van der Waals surface area contributed by atoms with Gasteiger partial charge in [0.25, 0.3) is 5.91 Å². The van der Waals surface area contributed by atoms with E-state index in [-0.39, 0.29) is 5.91 Å². The number of hydrogen-bond acceptors (Lipinski definition) is 4. The van der Waals surface area contributed by atoms with Gasteiger partial charge in [0.1, 0.15) is 0 Å². The number of aromatic nitrogens is 2. The molecule has 0 aliphatic heterocycles. The van der Waals surface area contributed by atoms with Gasteiger partial charge in [0.05, 0.1) is 5.56 Å². The van der Waals surface area contributed by atoms with Crippen molar-refractivity contribution in [3.05, 3.63) is 59.9 Å². The number of nitrogens with one attached hydrogen (secondary N) is 2. The fourth-order valence-electron chi connectivity index (χ4n) is 2.52. The lowest BCUT2D eigenvalue weighted by molar-refractivity contribution is 0.0956. The van der Waals surface area contributed by atoms with E-state index in [0.29, 0.717) is 18.1 Å². The summed E-state index contributed by atoms with van der Waals surface area (Å²) >= 11 is 0. The summed E-state index contributed by atoms with van der Waals surface area (Å²) in [6.45, 7) is 0.614. The van der Waals surface area contributed by atoms with Gasteiger partial charge in [-0.25, -0.2) is 9.97 Å². The lowest BCUT2D eigenvalue weighted by Crippen LogP contribution is -2.26. The number of amides is 1. The Morgan fingerprint density at radius 3 is 2.57 bits per heavy atom. The van der Waals surface area contributed by atoms with Crippen LogP contribution in [0.1, 0.15) is 36.0 Å². The maximum atomic E-state index is 12.1. The summed E-state index contributed by atoms with van der Waals surface area (Å²) in [6.07, 6.45) is 9.98. The molecule has 23 heavy (non-hydrogen) atoms. The van der Waals surface area contributed by atoms with Crippen molar-refractivity contribution in [3.8, 4) is 0 Å². The molecule has 5 heteroatoms. The highest BCUT2D eigenvalue weighted by molar-refractivity contribution is 5.93. The molecule has 2 N–H and O–H groups in total. The standard InChI is InChI=1S/C18H20N4O/c23-17(19-11-14-7-3-1-4-8-14)15-12-20-18(21-13-15)22-16-9-5-2-6-10-16/h2,5-7,9-10,12-13H,1,3-4,8,11H2,(H,19,23)(H,20,21,22). The van der Waals surface area contributed by atoms with Crippen molar-refractivity contribution in [3.63, 3.8) is 0 Å². The summed E-state index contributed by atoms with van der Waals surface area (Å²) in [4.78, 5) is 20.5. The molecule has 0 saturated carbocycles. The minimum Gasteiger partial charge on any atom is -0.348 e. The second-order valence-corrected chi connectivity index (χ2v) is 5.58. The third kappa shape index (κ3) is 4.39. The number of allylic oxidation sites excluding steroid dienone is 1. The van der Waals surface area contributed by atoms with Crippen LogP contribution in [0.4, 0.5) is 11.6 Å². The number of nitrogens with zero attached hydrogens (tertiary/aromatic N) is 2. The molecule has 0 spiro atoms. The average molecular weight is 308 g/mol. The number of hydrogen-bond donors (Lipinski definition) is 2. The lowest BCUT2D eigenvalue weighted by atomic mass is 10.00. The molecular weight excluding hydrogens is 288 g/mol. The summed E-state index contributed by atoms with van der Waals surface area (Å²) in [5.41, 5.74) is 2.70. The molecule has 2 aromatic rings. The normalized spacial score (nSPS) is 14.0. The predicted octanol–water partition coefficient (Wildman–Crippen LogP) is 3.45. The van der Waals surface area contributed by atoms with E-state index in [1.165, 1.54) is 18.4 Å². The zero-order valence-corrected chi connectivity index (χ0v) is 13.0. The van der Waals surface area contributed by atoms with Gasteiger partial charge >= 0.3 is 0 Å². The van der Waals surface area contributed by atoms with Crippen LogP contribution in [0.3, 0.4) is 0 Å². The molecule has 1 amide bonds. The van der Waals surface area contributed by atoms with Gasteiger partial charge < -0.3 is 10.6 Å². The first kappa shape index (κ1) is 15.2. The molecule has 0 unspecified atom stereocenters. The van der Waals surface area contributed by atoms with E-state index < -0.39 is 0 Å². The molecule has 3 rings (SSSR count). The van der Waals surface area contributed by atoms with Gasteiger partial charge in [-0.2, -0.15) is 0 Å². The summed E-state index contributed by atoms with van der Waals surface area (Å²) in [5.74, 6) is 0.338. The summed E-state index contributed by atoms with van der Waals surface area (Å²) < 4.78 is 0. The molecule has 118 valence electrons. The second kappa shape index (κ2) is 7.54. The minimum atomic E-state index is -0.136. The van der Waals surface area contributed by atoms with Gasteiger partial charge in [0.15, 0.2) is 0 Å². The smallest absolute Gasteiger partial charge is 0.254 e. The van der Waals surface area contributed by atoms with Crippen LogP contribution in [0.25, 0.3) is 0 Å². The monoisotopic (exact) mass is 308 g/mol. The Labute approximate surface area is 135 Å². The van der Waals surface area contributed by atoms with E-state index in [2.05, 4.69) is 26.7 Å². The molecule has 0 bridgehead atoms. The van der Waals surface area contributed by atoms with Crippen molar-refractivity contribution in [2.24, 2.45) is 0 Å². The highest BCUT2D eigenvalue weighted by Gasteiger charge is 2.09. The van der Waals surface area contributed by atoms with Crippen molar-refractivity contribution in [1.29, 1.82) is 0 Å². The molecule has 1 aliphatic rings. The number of rotatable bonds is 5. The highest BCUT2D eigenvalue weighted by Crippen LogP contribution is 2.16. The van der Waals surface area contributed by atoms with Crippen molar-refractivity contribution in [2.75, 3.05) is 11.9 Å². The van der Waals surface area contributed by atoms with E-state index in [1.54, 1.807) is 12.4 Å². The topological polar surface area (TPSA) is 66.9 Å². The number of para-hydroxylation sites is 1. The fraction of sp³-hybridized carbons (Fsp3) is 0.278. The van der Waals surface area contributed by atoms with Gasteiger partial charge in [-0.15, -0.1) is 0 Å². The quantitative estimate of drug-likeness (QED) is 0.830. The van der Waals surface area contributed by atoms with Gasteiger partial charge in [-0.05, 0) is 37.8 Å². The summed E-state index contributed by atoms with van der Waals surface area (Å²) in [6, 6.07) is 9.68. The molecule has 1 aliphatic carbocycles. The van der Waals surface area contributed by atoms with Crippen LogP contribution in [-0.2, 0) is 0 Å². The van der Waals surface area contributed by atoms with Crippen molar-refractivity contribution in [2.45, 2.75) is 25.7 Å². The van der Waals surface area contributed by atoms with Crippen LogP contribution in [0.15, 0.2) is 54.4 Å². The molecule has 5 nitrogen and oxygen atoms in total.